The van der Waals surface area contributed by atoms with Crippen molar-refractivity contribution in [1.82, 2.24) is 15.0 Å². The van der Waals surface area contributed by atoms with Crippen LogP contribution in [0.1, 0.15) is 32.2 Å². The first-order valence-corrected chi connectivity index (χ1v) is 8.11. The lowest BCUT2D eigenvalue weighted by Crippen LogP contribution is -2.16. The Morgan fingerprint density at radius 3 is 2.07 bits per heavy atom. The topological polar surface area (TPSA) is 142 Å². The van der Waals surface area contributed by atoms with Crippen molar-refractivity contribution in [3.63, 3.8) is 0 Å². The number of ketones is 2. The molecule has 0 radical (unpaired) electrons. The lowest BCUT2D eigenvalue weighted by Gasteiger charge is -2.05. The van der Waals surface area contributed by atoms with Crippen molar-refractivity contribution in [2.24, 2.45) is 0 Å². The summed E-state index contributed by atoms with van der Waals surface area (Å²) in [5.41, 5.74) is 13.8. The smallest absolute Gasteiger partial charge is 0.304 e. The van der Waals surface area contributed by atoms with E-state index in [-0.39, 0.29) is 17.1 Å². The minimum atomic E-state index is -0.473. The van der Waals surface area contributed by atoms with Gasteiger partial charge >= 0.3 is 5.65 Å². The summed E-state index contributed by atoms with van der Waals surface area (Å²) in [7, 11) is 0. The van der Waals surface area contributed by atoms with Gasteiger partial charge in [0, 0.05) is 16.9 Å². The van der Waals surface area contributed by atoms with Crippen LogP contribution in [0.2, 0.25) is 0 Å². The van der Waals surface area contributed by atoms with E-state index in [9.17, 15) is 9.59 Å². The number of imidazole rings is 1. The van der Waals surface area contributed by atoms with Gasteiger partial charge in [0.1, 0.15) is 0 Å². The van der Waals surface area contributed by atoms with Crippen LogP contribution in [0.4, 0.5) is 11.4 Å². The maximum absolute atomic E-state index is 13.0. The highest BCUT2D eigenvalue weighted by atomic mass is 16.1. The molecule has 2 aromatic carbocycles. The van der Waals surface area contributed by atoms with Gasteiger partial charge in [-0.05, 0) is 24.3 Å². The molecule has 132 valence electrons. The summed E-state index contributed by atoms with van der Waals surface area (Å²) in [4.78, 5) is 40.1. The number of nitrogen functional groups attached to an aromatic ring is 2. The molecule has 0 saturated heterocycles. The molecule has 0 amide bonds. The molecule has 0 atom stereocenters. The molecule has 8 heteroatoms. The van der Waals surface area contributed by atoms with E-state index in [4.69, 9.17) is 11.5 Å². The molecule has 0 aliphatic rings. The summed E-state index contributed by atoms with van der Waals surface area (Å²) in [6, 6.07) is 13.3. The van der Waals surface area contributed by atoms with E-state index >= 15 is 0 Å². The van der Waals surface area contributed by atoms with Crippen molar-refractivity contribution in [2.75, 3.05) is 11.5 Å². The number of benzene rings is 2. The Hall–Kier alpha value is -4.07. The first kappa shape index (κ1) is 16.4. The molecule has 0 spiro atoms. The number of hydrogen-bond acceptors (Lipinski definition) is 6. The molecule has 4 aromatic rings. The summed E-state index contributed by atoms with van der Waals surface area (Å²) in [6.45, 7) is 0. The summed E-state index contributed by atoms with van der Waals surface area (Å²) >= 11 is 0. The first-order valence-electron chi connectivity index (χ1n) is 8.11. The molecule has 2 aromatic heterocycles. The number of fused-ring (bicyclic) bond motifs is 1. The molecule has 0 aliphatic carbocycles. The third kappa shape index (κ3) is 2.78. The lowest BCUT2D eigenvalue weighted by molar-refractivity contribution is -0.347. The normalized spacial score (nSPS) is 10.8. The number of anilines is 2. The van der Waals surface area contributed by atoms with Gasteiger partial charge in [0.15, 0.2) is 12.0 Å². The van der Waals surface area contributed by atoms with Crippen LogP contribution in [0.5, 0.6) is 0 Å². The highest BCUT2D eigenvalue weighted by Gasteiger charge is 2.27. The number of carbonyl (C=O) groups is 2. The monoisotopic (exact) mass is 359 g/mol. The maximum Gasteiger partial charge on any atom is 0.304 e. The zero-order valence-electron chi connectivity index (χ0n) is 14.1. The zero-order chi connectivity index (χ0) is 19.0. The molecule has 4 rings (SSSR count). The van der Waals surface area contributed by atoms with Crippen LogP contribution in [0.25, 0.3) is 11.2 Å². The fourth-order valence-electron chi connectivity index (χ4n) is 2.80. The van der Waals surface area contributed by atoms with Crippen molar-refractivity contribution in [2.45, 2.75) is 0 Å². The SMILES string of the molecule is Nc1ccccc1C(=O)c1nc(C(=O)c2ccccc2N)c2[nH]c[nH+]c2n1. The van der Waals surface area contributed by atoms with Crippen LogP contribution in [-0.2, 0) is 0 Å². The summed E-state index contributed by atoms with van der Waals surface area (Å²) in [6.07, 6.45) is 1.51. The molecule has 0 saturated carbocycles. The third-order valence-corrected chi connectivity index (χ3v) is 4.16. The number of nitrogens with two attached hydrogens (primary N) is 2. The number of aromatic amines is 2. The van der Waals surface area contributed by atoms with Gasteiger partial charge in [-0.25, -0.2) is 9.97 Å². The van der Waals surface area contributed by atoms with Crippen LogP contribution in [0.15, 0.2) is 54.9 Å². The van der Waals surface area contributed by atoms with Gasteiger partial charge in [0.25, 0.3) is 5.82 Å². The predicted molar refractivity (Wildman–Crippen MR) is 99.0 cm³/mol. The second-order valence-electron chi connectivity index (χ2n) is 5.89. The Morgan fingerprint density at radius 1 is 0.852 bits per heavy atom. The minimum absolute atomic E-state index is 0.0528. The number of aromatic nitrogens is 4. The second-order valence-corrected chi connectivity index (χ2v) is 5.89. The van der Waals surface area contributed by atoms with E-state index < -0.39 is 11.6 Å². The number of hydrogen-bond donors (Lipinski definition) is 3. The number of carbonyl (C=O) groups excluding carboxylic acids is 2. The number of nitrogens with one attached hydrogen (secondary N) is 2. The van der Waals surface area contributed by atoms with Crippen LogP contribution in [0.3, 0.4) is 0 Å². The van der Waals surface area contributed by atoms with E-state index in [1.54, 1.807) is 48.5 Å². The lowest BCUT2D eigenvalue weighted by atomic mass is 10.0. The maximum atomic E-state index is 13.0. The first-order chi connectivity index (χ1) is 13.1. The number of H-pyrrole nitrogens is 2. The summed E-state index contributed by atoms with van der Waals surface area (Å²) in [5, 5.41) is 0. The van der Waals surface area contributed by atoms with Gasteiger partial charge in [0.2, 0.25) is 17.1 Å². The van der Waals surface area contributed by atoms with Gasteiger partial charge < -0.3 is 11.5 Å². The Kier molecular flexibility index (Phi) is 3.85. The van der Waals surface area contributed by atoms with E-state index in [0.29, 0.717) is 28.1 Å². The highest BCUT2D eigenvalue weighted by molar-refractivity contribution is 6.17. The average Bonchev–Trinajstić information content (AvgIpc) is 3.15. The van der Waals surface area contributed by atoms with Crippen LogP contribution in [0, 0.1) is 0 Å². The van der Waals surface area contributed by atoms with Crippen molar-refractivity contribution < 1.29 is 14.6 Å². The second kappa shape index (κ2) is 6.34. The van der Waals surface area contributed by atoms with Gasteiger partial charge in [-0.3, -0.25) is 14.6 Å². The van der Waals surface area contributed by atoms with Crippen molar-refractivity contribution in [1.29, 1.82) is 0 Å². The summed E-state index contributed by atoms with van der Waals surface area (Å²) in [5.74, 6) is -1.01. The number of nitrogens with zero attached hydrogens (tertiary/aromatic N) is 2. The average molecular weight is 359 g/mol. The zero-order valence-corrected chi connectivity index (χ0v) is 14.1. The molecule has 0 fully saturated rings. The minimum Gasteiger partial charge on any atom is -0.398 e. The van der Waals surface area contributed by atoms with Crippen molar-refractivity contribution in [3.8, 4) is 0 Å². The Labute approximate surface area is 153 Å². The van der Waals surface area contributed by atoms with E-state index in [0.717, 1.165) is 0 Å². The van der Waals surface area contributed by atoms with Gasteiger partial charge in [-0.15, -0.1) is 0 Å². The fraction of sp³-hybridized carbons (Fsp3) is 0. The molecule has 27 heavy (non-hydrogen) atoms. The van der Waals surface area contributed by atoms with Crippen molar-refractivity contribution in [3.05, 3.63) is 77.5 Å². The van der Waals surface area contributed by atoms with E-state index in [1.807, 2.05) is 0 Å². The summed E-state index contributed by atoms with van der Waals surface area (Å²) < 4.78 is 0. The molecular weight excluding hydrogens is 344 g/mol. The Bertz CT molecular complexity index is 1200. The molecular formula is C19H15N6O2+. The van der Waals surface area contributed by atoms with Gasteiger partial charge in [-0.2, -0.15) is 0 Å². The van der Waals surface area contributed by atoms with Crippen LogP contribution >= 0.6 is 0 Å². The molecule has 0 aliphatic heterocycles. The molecule has 2 heterocycles. The number of rotatable bonds is 4. The largest absolute Gasteiger partial charge is 0.398 e. The highest BCUT2D eigenvalue weighted by Crippen LogP contribution is 2.21. The quantitative estimate of drug-likeness (QED) is 0.371. The van der Waals surface area contributed by atoms with Crippen molar-refractivity contribution >= 4 is 34.1 Å². The number of para-hydroxylation sites is 2. The predicted octanol–water partition coefficient (Wildman–Crippen LogP) is 1.40. The standard InChI is InChI=1S/C19H14N6O2/c20-12-7-3-1-5-10(12)16(26)14-15-18(23-9-22-15)25-19(24-14)17(27)11-6-2-4-8-13(11)21/h1-9H,20-21H2,(H,22,23,24,25)/p+1. The molecule has 6 N–H and O–H groups in total. The molecule has 8 nitrogen and oxygen atoms in total. The van der Waals surface area contributed by atoms with Gasteiger partial charge in [0.05, 0.1) is 5.56 Å². The Balaban J connectivity index is 1.88. The van der Waals surface area contributed by atoms with Gasteiger partial charge in [-0.1, -0.05) is 29.2 Å². The van der Waals surface area contributed by atoms with Crippen LogP contribution < -0.4 is 16.5 Å². The Morgan fingerprint density at radius 2 is 1.44 bits per heavy atom. The van der Waals surface area contributed by atoms with Crippen LogP contribution in [-0.4, -0.2) is 26.5 Å². The third-order valence-electron chi connectivity index (χ3n) is 4.16. The van der Waals surface area contributed by atoms with E-state index in [1.165, 1.54) is 6.33 Å². The fourth-order valence-corrected chi connectivity index (χ4v) is 2.80. The molecule has 0 bridgehead atoms. The molecule has 0 unspecified atom stereocenters. The van der Waals surface area contributed by atoms with E-state index in [2.05, 4.69) is 19.9 Å².